The molecule has 0 spiro atoms. The van der Waals surface area contributed by atoms with Crippen LogP contribution in [0.15, 0.2) is 259 Å². The highest BCUT2D eigenvalue weighted by Crippen LogP contribution is 2.44. The predicted octanol–water partition coefficient (Wildman–Crippen LogP) is 17.2. The van der Waals surface area contributed by atoms with Crippen molar-refractivity contribution in [3.63, 3.8) is 0 Å². The summed E-state index contributed by atoms with van der Waals surface area (Å²) in [6.45, 7) is 0. The van der Waals surface area contributed by atoms with E-state index in [9.17, 15) is 0 Å². The predicted molar refractivity (Wildman–Crippen MR) is 265 cm³/mol. The van der Waals surface area contributed by atoms with Gasteiger partial charge in [0.1, 0.15) is 11.2 Å². The number of nitrogens with zero attached hydrogens (tertiary/aromatic N) is 2. The standard InChI is InChI=1S/C60H42N2O/c1-5-16-43(17-6-1)45-28-34-53(35-29-45)61(51-20-9-3-10-21-51)54-36-30-46(31-37-54)49-40-48(44-18-7-2-8-19-44)41-50(42-49)47-32-38-55(39-33-47)62(52-22-11-4-12-23-52)57-25-15-27-59-60(57)56-24-13-14-26-58(56)63-59/h1-42H. The highest BCUT2D eigenvalue weighted by molar-refractivity contribution is 6.13. The quantitative estimate of drug-likeness (QED) is 0.137. The lowest BCUT2D eigenvalue weighted by Gasteiger charge is -2.26. The van der Waals surface area contributed by atoms with Gasteiger partial charge in [0.25, 0.3) is 0 Å². The van der Waals surface area contributed by atoms with Crippen molar-refractivity contribution >= 4 is 56.1 Å². The van der Waals surface area contributed by atoms with Gasteiger partial charge in [-0.3, -0.25) is 0 Å². The van der Waals surface area contributed by atoms with Crippen LogP contribution in [-0.4, -0.2) is 0 Å². The molecule has 0 N–H and O–H groups in total. The molecule has 1 aromatic heterocycles. The van der Waals surface area contributed by atoms with Crippen molar-refractivity contribution < 1.29 is 4.42 Å². The Hall–Kier alpha value is -8.40. The normalized spacial score (nSPS) is 11.2. The highest BCUT2D eigenvalue weighted by Gasteiger charge is 2.20. The zero-order valence-corrected chi connectivity index (χ0v) is 34.6. The van der Waals surface area contributed by atoms with Gasteiger partial charge in [-0.15, -0.1) is 0 Å². The zero-order valence-electron chi connectivity index (χ0n) is 34.6. The molecule has 11 aromatic rings. The van der Waals surface area contributed by atoms with Crippen LogP contribution in [0.1, 0.15) is 0 Å². The summed E-state index contributed by atoms with van der Waals surface area (Å²) in [6, 6.07) is 90.7. The van der Waals surface area contributed by atoms with Crippen LogP contribution in [-0.2, 0) is 0 Å². The van der Waals surface area contributed by atoms with Gasteiger partial charge in [-0.25, -0.2) is 0 Å². The first-order valence-corrected chi connectivity index (χ1v) is 21.4. The maximum Gasteiger partial charge on any atom is 0.137 e. The van der Waals surface area contributed by atoms with Gasteiger partial charge in [-0.05, 0) is 142 Å². The molecule has 0 amide bonds. The second-order valence-electron chi connectivity index (χ2n) is 15.8. The molecule has 10 aromatic carbocycles. The van der Waals surface area contributed by atoms with Gasteiger partial charge < -0.3 is 14.2 Å². The SMILES string of the molecule is c1ccc(-c2ccc(N(c3ccccc3)c3ccc(-c4cc(-c5ccccc5)cc(-c5ccc(N(c6ccccc6)c6cccc7oc8ccccc8c67)cc5)c4)cc3)cc2)cc1. The molecule has 63 heavy (non-hydrogen) atoms. The van der Waals surface area contributed by atoms with Gasteiger partial charge in [0, 0.05) is 33.8 Å². The summed E-state index contributed by atoms with van der Waals surface area (Å²) in [5.41, 5.74) is 17.6. The molecule has 0 radical (unpaired) electrons. The Bertz CT molecular complexity index is 3290. The fourth-order valence-electron chi connectivity index (χ4n) is 8.77. The van der Waals surface area contributed by atoms with E-state index in [1.165, 1.54) is 22.3 Å². The van der Waals surface area contributed by atoms with Gasteiger partial charge in [0.15, 0.2) is 0 Å². The van der Waals surface area contributed by atoms with Gasteiger partial charge in [-0.2, -0.15) is 0 Å². The van der Waals surface area contributed by atoms with Crippen molar-refractivity contribution in [1.82, 2.24) is 0 Å². The largest absolute Gasteiger partial charge is 0.456 e. The van der Waals surface area contributed by atoms with Crippen molar-refractivity contribution in [2.75, 3.05) is 9.80 Å². The molecule has 0 aliphatic rings. The average molecular weight is 807 g/mol. The molecular formula is C60H42N2O. The van der Waals surface area contributed by atoms with E-state index in [1.807, 2.05) is 12.1 Å². The van der Waals surface area contributed by atoms with Crippen molar-refractivity contribution in [3.8, 4) is 44.5 Å². The second-order valence-corrected chi connectivity index (χ2v) is 15.8. The lowest BCUT2D eigenvalue weighted by Crippen LogP contribution is -2.10. The summed E-state index contributed by atoms with van der Waals surface area (Å²) in [5.74, 6) is 0. The zero-order chi connectivity index (χ0) is 42.0. The third kappa shape index (κ3) is 7.43. The molecule has 0 unspecified atom stereocenters. The van der Waals surface area contributed by atoms with Crippen molar-refractivity contribution in [2.24, 2.45) is 0 Å². The number of rotatable bonds is 10. The molecule has 0 saturated heterocycles. The maximum atomic E-state index is 6.33. The van der Waals surface area contributed by atoms with Gasteiger partial charge in [0.2, 0.25) is 0 Å². The van der Waals surface area contributed by atoms with Crippen LogP contribution in [0.3, 0.4) is 0 Å². The smallest absolute Gasteiger partial charge is 0.137 e. The van der Waals surface area contributed by atoms with Crippen LogP contribution in [0.2, 0.25) is 0 Å². The van der Waals surface area contributed by atoms with Crippen LogP contribution in [0.5, 0.6) is 0 Å². The second kappa shape index (κ2) is 16.6. The summed E-state index contributed by atoms with van der Waals surface area (Å²) < 4.78 is 6.33. The Kier molecular flexibility index (Phi) is 9.89. The van der Waals surface area contributed by atoms with E-state index in [0.29, 0.717) is 0 Å². The van der Waals surface area contributed by atoms with E-state index in [2.05, 4.69) is 252 Å². The molecule has 0 aliphatic carbocycles. The first-order valence-electron chi connectivity index (χ1n) is 21.4. The Morgan fingerprint density at radius 3 is 1.10 bits per heavy atom. The molecule has 3 heteroatoms. The molecule has 11 rings (SSSR count). The topological polar surface area (TPSA) is 19.6 Å². The number of hydrogen-bond donors (Lipinski definition) is 0. The third-order valence-electron chi connectivity index (χ3n) is 11.8. The number of benzene rings is 10. The summed E-state index contributed by atoms with van der Waals surface area (Å²) in [6.07, 6.45) is 0. The number of furan rings is 1. The van der Waals surface area contributed by atoms with Crippen LogP contribution in [0.4, 0.5) is 34.1 Å². The van der Waals surface area contributed by atoms with E-state index in [0.717, 1.165) is 78.3 Å². The third-order valence-corrected chi connectivity index (χ3v) is 11.8. The fourth-order valence-corrected chi connectivity index (χ4v) is 8.77. The Balaban J connectivity index is 0.968. The number of anilines is 6. The van der Waals surface area contributed by atoms with Crippen LogP contribution in [0, 0.1) is 0 Å². The minimum absolute atomic E-state index is 0.870. The summed E-state index contributed by atoms with van der Waals surface area (Å²) in [7, 11) is 0. The fraction of sp³-hybridized carbons (Fsp3) is 0. The number of fused-ring (bicyclic) bond motifs is 3. The van der Waals surface area contributed by atoms with Crippen molar-refractivity contribution in [1.29, 1.82) is 0 Å². The summed E-state index contributed by atoms with van der Waals surface area (Å²) >= 11 is 0. The van der Waals surface area contributed by atoms with Crippen LogP contribution >= 0.6 is 0 Å². The summed E-state index contributed by atoms with van der Waals surface area (Å²) in [4.78, 5) is 4.65. The summed E-state index contributed by atoms with van der Waals surface area (Å²) in [5, 5.41) is 2.20. The Labute approximate surface area is 368 Å². The molecule has 0 atom stereocenters. The number of hydrogen-bond acceptors (Lipinski definition) is 3. The Morgan fingerprint density at radius 2 is 0.587 bits per heavy atom. The molecular weight excluding hydrogens is 765 g/mol. The number of para-hydroxylation sites is 3. The van der Waals surface area contributed by atoms with Crippen molar-refractivity contribution in [2.45, 2.75) is 0 Å². The first-order chi connectivity index (χ1) is 31.2. The lowest BCUT2D eigenvalue weighted by atomic mass is 9.93. The van der Waals surface area contributed by atoms with Gasteiger partial charge in [0.05, 0.1) is 11.1 Å². The molecule has 0 fully saturated rings. The van der Waals surface area contributed by atoms with Crippen LogP contribution < -0.4 is 9.80 Å². The van der Waals surface area contributed by atoms with Gasteiger partial charge >= 0.3 is 0 Å². The molecule has 3 nitrogen and oxygen atoms in total. The Morgan fingerprint density at radius 1 is 0.238 bits per heavy atom. The highest BCUT2D eigenvalue weighted by atomic mass is 16.3. The van der Waals surface area contributed by atoms with E-state index in [4.69, 9.17) is 4.42 Å². The van der Waals surface area contributed by atoms with E-state index < -0.39 is 0 Å². The van der Waals surface area contributed by atoms with Gasteiger partial charge in [-0.1, -0.05) is 158 Å². The van der Waals surface area contributed by atoms with Crippen molar-refractivity contribution in [3.05, 3.63) is 255 Å². The molecule has 0 saturated carbocycles. The monoisotopic (exact) mass is 806 g/mol. The molecule has 0 bridgehead atoms. The van der Waals surface area contributed by atoms with E-state index in [-0.39, 0.29) is 0 Å². The minimum Gasteiger partial charge on any atom is -0.456 e. The lowest BCUT2D eigenvalue weighted by molar-refractivity contribution is 0.669. The van der Waals surface area contributed by atoms with Crippen LogP contribution in [0.25, 0.3) is 66.4 Å². The molecule has 0 aliphatic heterocycles. The molecule has 298 valence electrons. The van der Waals surface area contributed by atoms with E-state index >= 15 is 0 Å². The molecule has 1 heterocycles. The first kappa shape index (κ1) is 37.6. The minimum atomic E-state index is 0.870. The average Bonchev–Trinajstić information content (AvgIpc) is 3.75. The maximum absolute atomic E-state index is 6.33. The van der Waals surface area contributed by atoms with E-state index in [1.54, 1.807) is 0 Å².